The SMILES string of the molecule is CN=C(NCc1ccc(C(F)(F)F)cc1)NCc1cccc(C(=O)NC(C)(C)C)c1.I. The first-order chi connectivity index (χ1) is 14.0. The Bertz CT molecular complexity index is 891. The van der Waals surface area contributed by atoms with Gasteiger partial charge in [0.25, 0.3) is 5.91 Å². The molecule has 0 saturated carbocycles. The molecule has 0 fully saturated rings. The van der Waals surface area contributed by atoms with Gasteiger partial charge in [-0.3, -0.25) is 9.79 Å². The summed E-state index contributed by atoms with van der Waals surface area (Å²) < 4.78 is 37.9. The van der Waals surface area contributed by atoms with Gasteiger partial charge in [0.05, 0.1) is 5.56 Å². The zero-order chi connectivity index (χ0) is 22.4. The molecule has 2 rings (SSSR count). The van der Waals surface area contributed by atoms with Gasteiger partial charge in [-0.2, -0.15) is 13.2 Å². The van der Waals surface area contributed by atoms with Crippen molar-refractivity contribution in [3.63, 3.8) is 0 Å². The fourth-order valence-corrected chi connectivity index (χ4v) is 2.64. The van der Waals surface area contributed by atoms with Crippen molar-refractivity contribution >= 4 is 35.8 Å². The van der Waals surface area contributed by atoms with E-state index in [9.17, 15) is 18.0 Å². The Morgan fingerprint density at radius 3 is 2.03 bits per heavy atom. The van der Waals surface area contributed by atoms with E-state index in [1.807, 2.05) is 32.9 Å². The molecule has 0 spiro atoms. The summed E-state index contributed by atoms with van der Waals surface area (Å²) >= 11 is 0. The van der Waals surface area contributed by atoms with Gasteiger partial charge in [-0.25, -0.2) is 0 Å². The topological polar surface area (TPSA) is 65.5 Å². The maximum atomic E-state index is 12.6. The molecule has 3 N–H and O–H groups in total. The first-order valence-electron chi connectivity index (χ1n) is 9.50. The fourth-order valence-electron chi connectivity index (χ4n) is 2.64. The quantitative estimate of drug-likeness (QED) is 0.288. The second-order valence-corrected chi connectivity index (χ2v) is 7.88. The van der Waals surface area contributed by atoms with Gasteiger partial charge in [0.2, 0.25) is 0 Å². The maximum Gasteiger partial charge on any atom is 0.416 e. The highest BCUT2D eigenvalue weighted by Crippen LogP contribution is 2.29. The van der Waals surface area contributed by atoms with Gasteiger partial charge in [-0.05, 0) is 56.2 Å². The lowest BCUT2D eigenvalue weighted by molar-refractivity contribution is -0.137. The van der Waals surface area contributed by atoms with Crippen LogP contribution in [-0.4, -0.2) is 24.5 Å². The van der Waals surface area contributed by atoms with Crippen molar-refractivity contribution in [3.05, 3.63) is 70.8 Å². The number of carbonyl (C=O) groups is 1. The number of rotatable bonds is 5. The number of guanidine groups is 1. The number of alkyl halides is 3. The van der Waals surface area contributed by atoms with Crippen molar-refractivity contribution < 1.29 is 18.0 Å². The third-order valence-corrected chi connectivity index (χ3v) is 4.10. The zero-order valence-corrected chi connectivity index (χ0v) is 20.3. The molecule has 5 nitrogen and oxygen atoms in total. The second-order valence-electron chi connectivity index (χ2n) is 7.88. The van der Waals surface area contributed by atoms with Crippen LogP contribution in [0.2, 0.25) is 0 Å². The Hall–Kier alpha value is -2.30. The molecule has 2 aromatic rings. The molecule has 9 heteroatoms. The first kappa shape index (κ1) is 26.7. The number of hydrogen-bond acceptors (Lipinski definition) is 2. The van der Waals surface area contributed by atoms with E-state index in [4.69, 9.17) is 0 Å². The summed E-state index contributed by atoms with van der Waals surface area (Å²) in [7, 11) is 1.61. The maximum absolute atomic E-state index is 12.6. The second kappa shape index (κ2) is 11.4. The molecular formula is C22H28F3IN4O. The van der Waals surface area contributed by atoms with Crippen LogP contribution in [0.3, 0.4) is 0 Å². The number of aliphatic imine (C=N–C) groups is 1. The molecule has 0 aliphatic carbocycles. The highest BCUT2D eigenvalue weighted by Gasteiger charge is 2.29. The monoisotopic (exact) mass is 548 g/mol. The van der Waals surface area contributed by atoms with E-state index in [1.54, 1.807) is 19.2 Å². The van der Waals surface area contributed by atoms with Crippen LogP contribution in [-0.2, 0) is 19.3 Å². The number of carbonyl (C=O) groups excluding carboxylic acids is 1. The molecular weight excluding hydrogens is 520 g/mol. The molecule has 31 heavy (non-hydrogen) atoms. The summed E-state index contributed by atoms with van der Waals surface area (Å²) in [4.78, 5) is 16.4. The number of amides is 1. The van der Waals surface area contributed by atoms with Crippen LogP contribution in [0.1, 0.15) is 47.8 Å². The fraction of sp³-hybridized carbons (Fsp3) is 0.364. The average molecular weight is 548 g/mol. The molecule has 2 aromatic carbocycles. The van der Waals surface area contributed by atoms with Gasteiger partial charge in [-0.1, -0.05) is 24.3 Å². The predicted octanol–water partition coefficient (Wildman–Crippen LogP) is 4.72. The lowest BCUT2D eigenvalue weighted by atomic mass is 10.1. The first-order valence-corrected chi connectivity index (χ1v) is 9.50. The number of nitrogens with one attached hydrogen (secondary N) is 3. The van der Waals surface area contributed by atoms with E-state index < -0.39 is 11.7 Å². The summed E-state index contributed by atoms with van der Waals surface area (Å²) in [6.45, 7) is 6.52. The van der Waals surface area contributed by atoms with Crippen LogP contribution in [0.5, 0.6) is 0 Å². The summed E-state index contributed by atoms with van der Waals surface area (Å²) in [6.07, 6.45) is -4.35. The van der Waals surface area contributed by atoms with E-state index in [2.05, 4.69) is 20.9 Å². The van der Waals surface area contributed by atoms with Crippen molar-refractivity contribution in [1.82, 2.24) is 16.0 Å². The Kier molecular flexibility index (Phi) is 9.79. The van der Waals surface area contributed by atoms with Crippen molar-refractivity contribution in [1.29, 1.82) is 0 Å². The molecule has 170 valence electrons. The minimum atomic E-state index is -4.35. The Balaban J connectivity index is 0.00000480. The predicted molar refractivity (Wildman–Crippen MR) is 128 cm³/mol. The Morgan fingerprint density at radius 2 is 1.52 bits per heavy atom. The summed E-state index contributed by atoms with van der Waals surface area (Å²) in [6, 6.07) is 12.2. The van der Waals surface area contributed by atoms with Crippen LogP contribution in [0.25, 0.3) is 0 Å². The lowest BCUT2D eigenvalue weighted by Gasteiger charge is -2.20. The van der Waals surface area contributed by atoms with Gasteiger partial charge >= 0.3 is 6.18 Å². The molecule has 0 heterocycles. The molecule has 0 unspecified atom stereocenters. The molecule has 0 aliphatic heterocycles. The van der Waals surface area contributed by atoms with E-state index in [1.165, 1.54) is 12.1 Å². The average Bonchev–Trinajstić information content (AvgIpc) is 2.66. The smallest absolute Gasteiger partial charge is 0.352 e. The minimum absolute atomic E-state index is 0. The Labute approximate surface area is 197 Å². The van der Waals surface area contributed by atoms with Gasteiger partial charge in [0.1, 0.15) is 0 Å². The summed E-state index contributed by atoms with van der Waals surface area (Å²) in [5, 5.41) is 9.12. The zero-order valence-electron chi connectivity index (χ0n) is 17.9. The number of nitrogens with zero attached hydrogens (tertiary/aromatic N) is 1. The van der Waals surface area contributed by atoms with E-state index in [0.717, 1.165) is 17.7 Å². The molecule has 0 radical (unpaired) electrons. The highest BCUT2D eigenvalue weighted by atomic mass is 127. The van der Waals surface area contributed by atoms with Crippen LogP contribution in [0, 0.1) is 0 Å². The summed E-state index contributed by atoms with van der Waals surface area (Å²) in [5.41, 5.74) is 1.16. The van der Waals surface area contributed by atoms with Crippen LogP contribution in [0.15, 0.2) is 53.5 Å². The number of halogens is 4. The summed E-state index contributed by atoms with van der Waals surface area (Å²) in [5.74, 6) is 0.355. The number of benzene rings is 2. The molecule has 0 bridgehead atoms. The van der Waals surface area contributed by atoms with Crippen molar-refractivity contribution in [2.24, 2.45) is 4.99 Å². The van der Waals surface area contributed by atoms with Gasteiger partial charge in [0, 0.05) is 31.2 Å². The van der Waals surface area contributed by atoms with Crippen molar-refractivity contribution in [2.75, 3.05) is 7.05 Å². The molecule has 1 amide bonds. The van der Waals surface area contributed by atoms with Crippen molar-refractivity contribution in [3.8, 4) is 0 Å². The van der Waals surface area contributed by atoms with E-state index in [0.29, 0.717) is 30.2 Å². The molecule has 0 saturated heterocycles. The van der Waals surface area contributed by atoms with Gasteiger partial charge < -0.3 is 16.0 Å². The highest BCUT2D eigenvalue weighted by molar-refractivity contribution is 14.0. The van der Waals surface area contributed by atoms with Crippen LogP contribution < -0.4 is 16.0 Å². The van der Waals surface area contributed by atoms with Gasteiger partial charge in [0.15, 0.2) is 5.96 Å². The normalized spacial score (nSPS) is 12.0. The van der Waals surface area contributed by atoms with Crippen LogP contribution >= 0.6 is 24.0 Å². The largest absolute Gasteiger partial charge is 0.416 e. The van der Waals surface area contributed by atoms with E-state index in [-0.39, 0.29) is 35.4 Å². The minimum Gasteiger partial charge on any atom is -0.352 e. The van der Waals surface area contributed by atoms with Gasteiger partial charge in [-0.15, -0.1) is 24.0 Å². The third kappa shape index (κ3) is 9.16. The number of hydrogen-bond donors (Lipinski definition) is 3. The van der Waals surface area contributed by atoms with Crippen LogP contribution in [0.4, 0.5) is 13.2 Å². The molecule has 0 atom stereocenters. The molecule has 0 aromatic heterocycles. The third-order valence-electron chi connectivity index (χ3n) is 4.10. The van der Waals surface area contributed by atoms with E-state index >= 15 is 0 Å². The standard InChI is InChI=1S/C22H27F3N4O.HI/c1-21(2,3)29-19(30)17-7-5-6-16(12-17)14-28-20(26-4)27-13-15-8-10-18(11-9-15)22(23,24)25;/h5-12H,13-14H2,1-4H3,(H,29,30)(H2,26,27,28);1H. The lowest BCUT2D eigenvalue weighted by Crippen LogP contribution is -2.40. The molecule has 0 aliphatic rings. The Morgan fingerprint density at radius 1 is 0.935 bits per heavy atom. The van der Waals surface area contributed by atoms with Crippen molar-refractivity contribution in [2.45, 2.75) is 45.6 Å².